The van der Waals surface area contributed by atoms with E-state index in [1.54, 1.807) is 0 Å². The van der Waals surface area contributed by atoms with E-state index in [9.17, 15) is 4.79 Å². The zero-order valence-electron chi connectivity index (χ0n) is 15.2. The van der Waals surface area contributed by atoms with Gasteiger partial charge in [0.2, 0.25) is 5.91 Å². The summed E-state index contributed by atoms with van der Waals surface area (Å²) in [6, 6.07) is 17.2. The predicted molar refractivity (Wildman–Crippen MR) is 101 cm³/mol. The summed E-state index contributed by atoms with van der Waals surface area (Å²) in [7, 11) is 0. The lowest BCUT2D eigenvalue weighted by Gasteiger charge is -2.17. The molecule has 134 valence electrons. The summed E-state index contributed by atoms with van der Waals surface area (Å²) in [5, 5.41) is 3.01. The van der Waals surface area contributed by atoms with Gasteiger partial charge in [0, 0.05) is 12.5 Å². The molecular weight excluding hydrogens is 312 g/mol. The molecule has 0 spiro atoms. The van der Waals surface area contributed by atoms with E-state index in [1.807, 2.05) is 61.5 Å². The van der Waals surface area contributed by atoms with E-state index in [0.29, 0.717) is 12.5 Å². The summed E-state index contributed by atoms with van der Waals surface area (Å²) in [6.45, 7) is 6.90. The number of hydrogen-bond donors (Lipinski definition) is 2. The van der Waals surface area contributed by atoms with Gasteiger partial charge in [0.15, 0.2) is 0 Å². The van der Waals surface area contributed by atoms with Crippen molar-refractivity contribution in [3.8, 4) is 5.75 Å². The Morgan fingerprint density at radius 2 is 1.64 bits per heavy atom. The molecule has 2 unspecified atom stereocenters. The van der Waals surface area contributed by atoms with Crippen LogP contribution in [0.25, 0.3) is 0 Å². The summed E-state index contributed by atoms with van der Waals surface area (Å²) < 4.78 is 5.68. The fourth-order valence-corrected chi connectivity index (χ4v) is 2.52. The van der Waals surface area contributed by atoms with Gasteiger partial charge in [0.1, 0.15) is 5.75 Å². The van der Waals surface area contributed by atoms with Gasteiger partial charge in [-0.05, 0) is 36.1 Å². The summed E-state index contributed by atoms with van der Waals surface area (Å²) in [4.78, 5) is 12.2. The Bertz CT molecular complexity index is 653. The lowest BCUT2D eigenvalue weighted by atomic mass is 10.0. The Labute approximate surface area is 150 Å². The normalized spacial score (nSPS) is 13.3. The first-order chi connectivity index (χ1) is 12.0. The van der Waals surface area contributed by atoms with Crippen LogP contribution in [0.5, 0.6) is 5.75 Å². The molecule has 4 heteroatoms. The van der Waals surface area contributed by atoms with Crippen molar-refractivity contribution < 1.29 is 9.53 Å². The first-order valence-electron chi connectivity index (χ1n) is 8.78. The molecule has 2 aromatic carbocycles. The van der Waals surface area contributed by atoms with Crippen molar-refractivity contribution in [2.45, 2.75) is 39.3 Å². The molecule has 2 aromatic rings. The second kappa shape index (κ2) is 9.23. The van der Waals surface area contributed by atoms with Gasteiger partial charge in [-0.2, -0.15) is 0 Å². The highest BCUT2D eigenvalue weighted by molar-refractivity contribution is 5.77. The number of benzene rings is 2. The quantitative estimate of drug-likeness (QED) is 0.764. The molecule has 0 bridgehead atoms. The van der Waals surface area contributed by atoms with Crippen molar-refractivity contribution in [1.82, 2.24) is 5.32 Å². The monoisotopic (exact) mass is 340 g/mol. The van der Waals surface area contributed by atoms with Crippen molar-refractivity contribution in [2.24, 2.45) is 11.7 Å². The van der Waals surface area contributed by atoms with Crippen molar-refractivity contribution in [1.29, 1.82) is 0 Å². The third-order valence-electron chi connectivity index (χ3n) is 3.97. The Balaban J connectivity index is 1.86. The molecule has 0 radical (unpaired) electrons. The van der Waals surface area contributed by atoms with E-state index < -0.39 is 0 Å². The van der Waals surface area contributed by atoms with Gasteiger partial charge in [0.05, 0.1) is 12.6 Å². The average molecular weight is 340 g/mol. The minimum absolute atomic E-state index is 0.0519. The molecule has 0 aliphatic carbocycles. The molecule has 2 atom stereocenters. The number of nitrogens with one attached hydrogen (secondary N) is 1. The Morgan fingerprint density at radius 3 is 2.24 bits per heavy atom. The van der Waals surface area contributed by atoms with Crippen LogP contribution in [-0.2, 0) is 4.79 Å². The fourth-order valence-electron chi connectivity index (χ4n) is 2.52. The van der Waals surface area contributed by atoms with Gasteiger partial charge in [-0.15, -0.1) is 0 Å². The number of amides is 1. The number of nitrogens with two attached hydrogens (primary N) is 1. The highest BCUT2D eigenvalue weighted by atomic mass is 16.5. The van der Waals surface area contributed by atoms with Gasteiger partial charge in [0.25, 0.3) is 0 Å². The van der Waals surface area contributed by atoms with Crippen LogP contribution < -0.4 is 15.8 Å². The first kappa shape index (κ1) is 19.0. The number of carbonyl (C=O) groups excluding carboxylic acids is 1. The van der Waals surface area contributed by atoms with Crippen LogP contribution in [0.3, 0.4) is 0 Å². The molecule has 2 rings (SSSR count). The van der Waals surface area contributed by atoms with E-state index in [2.05, 4.69) is 19.2 Å². The zero-order valence-corrected chi connectivity index (χ0v) is 15.2. The lowest BCUT2D eigenvalue weighted by molar-refractivity contribution is -0.122. The number of ether oxygens (including phenoxy) is 1. The van der Waals surface area contributed by atoms with Crippen LogP contribution >= 0.6 is 0 Å². The highest BCUT2D eigenvalue weighted by Crippen LogP contribution is 2.19. The molecule has 0 aliphatic rings. The molecule has 0 saturated carbocycles. The number of rotatable bonds is 8. The van der Waals surface area contributed by atoms with Crippen molar-refractivity contribution in [3.63, 3.8) is 0 Å². The SMILES string of the molecule is CC(C)COc1ccc(C(C)NC(=O)CC(N)c2ccccc2)cc1. The van der Waals surface area contributed by atoms with Gasteiger partial charge >= 0.3 is 0 Å². The van der Waals surface area contributed by atoms with Crippen LogP contribution in [-0.4, -0.2) is 12.5 Å². The van der Waals surface area contributed by atoms with Crippen molar-refractivity contribution >= 4 is 5.91 Å². The summed E-state index contributed by atoms with van der Waals surface area (Å²) >= 11 is 0. The van der Waals surface area contributed by atoms with Gasteiger partial charge in [-0.3, -0.25) is 4.79 Å². The van der Waals surface area contributed by atoms with E-state index in [-0.39, 0.29) is 24.4 Å². The molecular formula is C21H28N2O2. The molecule has 0 aliphatic heterocycles. The van der Waals surface area contributed by atoms with Gasteiger partial charge in [-0.25, -0.2) is 0 Å². The third-order valence-corrected chi connectivity index (χ3v) is 3.97. The number of hydrogen-bond acceptors (Lipinski definition) is 3. The molecule has 4 nitrogen and oxygen atoms in total. The van der Waals surface area contributed by atoms with E-state index >= 15 is 0 Å². The fraction of sp³-hybridized carbons (Fsp3) is 0.381. The maximum atomic E-state index is 12.2. The standard InChI is InChI=1S/C21H28N2O2/c1-15(2)14-25-19-11-9-17(10-12-19)16(3)23-21(24)13-20(22)18-7-5-4-6-8-18/h4-12,15-16,20H,13-14,22H2,1-3H3,(H,23,24). The molecule has 0 aromatic heterocycles. The summed E-state index contributed by atoms with van der Waals surface area (Å²) in [6.07, 6.45) is 0.268. The summed E-state index contributed by atoms with van der Waals surface area (Å²) in [5.41, 5.74) is 8.12. The largest absolute Gasteiger partial charge is 0.493 e. The van der Waals surface area contributed by atoms with Crippen LogP contribution in [0.2, 0.25) is 0 Å². The minimum Gasteiger partial charge on any atom is -0.493 e. The van der Waals surface area contributed by atoms with Crippen LogP contribution in [0.4, 0.5) is 0 Å². The Hall–Kier alpha value is -2.33. The molecule has 25 heavy (non-hydrogen) atoms. The smallest absolute Gasteiger partial charge is 0.222 e. The lowest BCUT2D eigenvalue weighted by Crippen LogP contribution is -2.29. The highest BCUT2D eigenvalue weighted by Gasteiger charge is 2.14. The maximum absolute atomic E-state index is 12.2. The average Bonchev–Trinajstić information content (AvgIpc) is 2.61. The van der Waals surface area contributed by atoms with Crippen LogP contribution in [0, 0.1) is 5.92 Å². The van der Waals surface area contributed by atoms with Crippen molar-refractivity contribution in [2.75, 3.05) is 6.61 Å². The maximum Gasteiger partial charge on any atom is 0.222 e. The Morgan fingerprint density at radius 1 is 1.00 bits per heavy atom. The van der Waals surface area contributed by atoms with Crippen LogP contribution in [0.15, 0.2) is 54.6 Å². The second-order valence-corrected chi connectivity index (χ2v) is 6.78. The predicted octanol–water partition coefficient (Wildman–Crippen LogP) is 3.99. The van der Waals surface area contributed by atoms with E-state index in [4.69, 9.17) is 10.5 Å². The van der Waals surface area contributed by atoms with Gasteiger partial charge < -0.3 is 15.8 Å². The topological polar surface area (TPSA) is 64.3 Å². The number of carbonyl (C=O) groups is 1. The molecule has 1 amide bonds. The first-order valence-corrected chi connectivity index (χ1v) is 8.78. The molecule has 0 fully saturated rings. The van der Waals surface area contributed by atoms with E-state index in [0.717, 1.165) is 16.9 Å². The summed E-state index contributed by atoms with van der Waals surface area (Å²) in [5.74, 6) is 1.29. The third kappa shape index (κ3) is 6.24. The van der Waals surface area contributed by atoms with E-state index in [1.165, 1.54) is 0 Å². The van der Waals surface area contributed by atoms with Gasteiger partial charge in [-0.1, -0.05) is 56.3 Å². The molecule has 0 saturated heterocycles. The Kier molecular flexibility index (Phi) is 7.02. The zero-order chi connectivity index (χ0) is 18.2. The molecule has 0 heterocycles. The minimum atomic E-state index is -0.291. The van der Waals surface area contributed by atoms with Crippen LogP contribution in [0.1, 0.15) is 50.4 Å². The van der Waals surface area contributed by atoms with Crippen molar-refractivity contribution in [3.05, 3.63) is 65.7 Å². The molecule has 3 N–H and O–H groups in total. The second-order valence-electron chi connectivity index (χ2n) is 6.78.